The lowest BCUT2D eigenvalue weighted by molar-refractivity contribution is 0.0716. The fourth-order valence-electron chi connectivity index (χ4n) is 2.73. The molecule has 0 bridgehead atoms. The summed E-state index contributed by atoms with van der Waals surface area (Å²) in [5.74, 6) is 0.637. The van der Waals surface area contributed by atoms with Crippen molar-refractivity contribution < 1.29 is 4.79 Å². The van der Waals surface area contributed by atoms with Crippen molar-refractivity contribution in [3.05, 3.63) is 33.8 Å². The minimum Gasteiger partial charge on any atom is -0.338 e. The summed E-state index contributed by atoms with van der Waals surface area (Å²) in [7, 11) is 0. The first-order valence-electron chi connectivity index (χ1n) is 7.57. The first-order chi connectivity index (χ1) is 10.1. The zero-order chi connectivity index (χ0) is 15.2. The van der Waals surface area contributed by atoms with Crippen LogP contribution in [0, 0.1) is 5.92 Å². The van der Waals surface area contributed by atoms with Crippen molar-refractivity contribution in [3.8, 4) is 0 Å². The minimum atomic E-state index is 0.0500. The highest BCUT2D eigenvalue weighted by atomic mass is 35.5. The molecule has 0 unspecified atom stereocenters. The van der Waals surface area contributed by atoms with Crippen molar-refractivity contribution in [3.63, 3.8) is 0 Å². The molecule has 1 heterocycles. The van der Waals surface area contributed by atoms with E-state index < -0.39 is 0 Å². The molecule has 0 aliphatic carbocycles. The molecule has 21 heavy (non-hydrogen) atoms. The Bertz CT molecular complexity index is 487. The second-order valence-corrected chi connectivity index (χ2v) is 6.39. The van der Waals surface area contributed by atoms with Gasteiger partial charge in [-0.3, -0.25) is 4.79 Å². The minimum absolute atomic E-state index is 0.0500. The smallest absolute Gasteiger partial charge is 0.253 e. The Labute approximate surface area is 136 Å². The van der Waals surface area contributed by atoms with Crippen LogP contribution in [0.15, 0.2) is 18.2 Å². The highest BCUT2D eigenvalue weighted by molar-refractivity contribution is 6.42. The number of carbonyl (C=O) groups is 1. The Hall–Kier alpha value is -0.770. The van der Waals surface area contributed by atoms with E-state index in [0.29, 0.717) is 21.5 Å². The molecule has 1 aliphatic heterocycles. The van der Waals surface area contributed by atoms with Gasteiger partial charge in [0.2, 0.25) is 0 Å². The average molecular weight is 329 g/mol. The lowest BCUT2D eigenvalue weighted by atomic mass is 9.97. The van der Waals surface area contributed by atoms with E-state index in [1.54, 1.807) is 18.2 Å². The van der Waals surface area contributed by atoms with Crippen LogP contribution in [-0.2, 0) is 0 Å². The molecule has 0 saturated carbocycles. The third-order valence-electron chi connectivity index (χ3n) is 3.88. The number of carbonyl (C=O) groups excluding carboxylic acids is 1. The largest absolute Gasteiger partial charge is 0.338 e. The third-order valence-corrected chi connectivity index (χ3v) is 4.62. The van der Waals surface area contributed by atoms with Crippen molar-refractivity contribution >= 4 is 29.1 Å². The van der Waals surface area contributed by atoms with Gasteiger partial charge in [0.05, 0.1) is 10.0 Å². The molecule has 0 spiro atoms. The van der Waals surface area contributed by atoms with Gasteiger partial charge in [-0.1, -0.05) is 30.1 Å². The van der Waals surface area contributed by atoms with Crippen molar-refractivity contribution in [2.45, 2.75) is 26.2 Å². The van der Waals surface area contributed by atoms with Crippen LogP contribution in [0.4, 0.5) is 0 Å². The SMILES string of the molecule is CCCN(CC1CCNCC1)C(=O)c1ccc(Cl)c(Cl)c1. The van der Waals surface area contributed by atoms with Gasteiger partial charge < -0.3 is 10.2 Å². The number of halogens is 2. The van der Waals surface area contributed by atoms with Crippen LogP contribution in [0.25, 0.3) is 0 Å². The van der Waals surface area contributed by atoms with Gasteiger partial charge in [-0.2, -0.15) is 0 Å². The molecule has 1 aromatic carbocycles. The Morgan fingerprint density at radius 2 is 2.00 bits per heavy atom. The molecule has 3 nitrogen and oxygen atoms in total. The highest BCUT2D eigenvalue weighted by Gasteiger charge is 2.21. The lowest BCUT2D eigenvalue weighted by Gasteiger charge is -2.30. The van der Waals surface area contributed by atoms with Crippen molar-refractivity contribution in [1.29, 1.82) is 0 Å². The number of amides is 1. The molecule has 1 N–H and O–H groups in total. The van der Waals surface area contributed by atoms with Crippen LogP contribution in [-0.4, -0.2) is 37.0 Å². The summed E-state index contributed by atoms with van der Waals surface area (Å²) in [6, 6.07) is 5.10. The van der Waals surface area contributed by atoms with E-state index in [9.17, 15) is 4.79 Å². The number of hydrogen-bond donors (Lipinski definition) is 1. The summed E-state index contributed by atoms with van der Waals surface area (Å²) in [4.78, 5) is 14.6. The van der Waals surface area contributed by atoms with Gasteiger partial charge in [-0.15, -0.1) is 0 Å². The van der Waals surface area contributed by atoms with Gasteiger partial charge in [0.1, 0.15) is 0 Å². The van der Waals surface area contributed by atoms with Gasteiger partial charge in [0, 0.05) is 18.7 Å². The lowest BCUT2D eigenvalue weighted by Crippen LogP contribution is -2.39. The van der Waals surface area contributed by atoms with Gasteiger partial charge in [-0.05, 0) is 56.5 Å². The summed E-state index contributed by atoms with van der Waals surface area (Å²) >= 11 is 11.9. The second-order valence-electron chi connectivity index (χ2n) is 5.57. The number of hydrogen-bond acceptors (Lipinski definition) is 2. The predicted octanol–water partition coefficient (Wildman–Crippen LogP) is 3.85. The van der Waals surface area contributed by atoms with Crippen LogP contribution in [0.3, 0.4) is 0 Å². The monoisotopic (exact) mass is 328 g/mol. The zero-order valence-electron chi connectivity index (χ0n) is 12.4. The van der Waals surface area contributed by atoms with Crippen LogP contribution >= 0.6 is 23.2 Å². The fourth-order valence-corrected chi connectivity index (χ4v) is 3.03. The summed E-state index contributed by atoms with van der Waals surface area (Å²) in [6.45, 7) is 5.80. The molecule has 1 aromatic rings. The molecule has 1 aliphatic rings. The molecule has 1 saturated heterocycles. The zero-order valence-corrected chi connectivity index (χ0v) is 13.9. The van der Waals surface area contributed by atoms with Crippen LogP contribution in [0.2, 0.25) is 10.0 Å². The summed E-state index contributed by atoms with van der Waals surface area (Å²) in [5, 5.41) is 4.27. The van der Waals surface area contributed by atoms with E-state index in [0.717, 1.165) is 45.4 Å². The van der Waals surface area contributed by atoms with Crippen molar-refractivity contribution in [1.82, 2.24) is 10.2 Å². The Morgan fingerprint density at radius 3 is 2.62 bits per heavy atom. The molecule has 0 radical (unpaired) electrons. The van der Waals surface area contributed by atoms with Gasteiger partial charge in [0.25, 0.3) is 5.91 Å². The molecular formula is C16H22Cl2N2O. The molecule has 0 aromatic heterocycles. The average Bonchev–Trinajstić information content (AvgIpc) is 2.50. The second kappa shape index (κ2) is 8.02. The normalized spacial score (nSPS) is 16.0. The maximum absolute atomic E-state index is 12.7. The van der Waals surface area contributed by atoms with Gasteiger partial charge in [0.15, 0.2) is 0 Å². The molecule has 2 rings (SSSR count). The number of benzene rings is 1. The molecule has 116 valence electrons. The fraction of sp³-hybridized carbons (Fsp3) is 0.562. The van der Waals surface area contributed by atoms with E-state index >= 15 is 0 Å². The van der Waals surface area contributed by atoms with Gasteiger partial charge in [-0.25, -0.2) is 0 Å². The van der Waals surface area contributed by atoms with E-state index in [-0.39, 0.29) is 5.91 Å². The van der Waals surface area contributed by atoms with Crippen molar-refractivity contribution in [2.75, 3.05) is 26.2 Å². The molecule has 1 amide bonds. The standard InChI is InChI=1S/C16H22Cl2N2O/c1-2-9-20(11-12-5-7-19-8-6-12)16(21)13-3-4-14(17)15(18)10-13/h3-4,10,12,19H,2,5-9,11H2,1H3. The van der Waals surface area contributed by atoms with E-state index in [4.69, 9.17) is 23.2 Å². The maximum atomic E-state index is 12.7. The number of piperidine rings is 1. The highest BCUT2D eigenvalue weighted by Crippen LogP contribution is 2.24. The summed E-state index contributed by atoms with van der Waals surface area (Å²) in [6.07, 6.45) is 3.22. The summed E-state index contributed by atoms with van der Waals surface area (Å²) < 4.78 is 0. The number of nitrogens with one attached hydrogen (secondary N) is 1. The van der Waals surface area contributed by atoms with Gasteiger partial charge >= 0.3 is 0 Å². The Morgan fingerprint density at radius 1 is 1.29 bits per heavy atom. The third kappa shape index (κ3) is 4.60. The van der Waals surface area contributed by atoms with E-state index in [1.807, 2.05) is 4.90 Å². The van der Waals surface area contributed by atoms with Crippen molar-refractivity contribution in [2.24, 2.45) is 5.92 Å². The topological polar surface area (TPSA) is 32.3 Å². The summed E-state index contributed by atoms with van der Waals surface area (Å²) in [5.41, 5.74) is 0.617. The molecular weight excluding hydrogens is 307 g/mol. The van der Waals surface area contributed by atoms with Crippen LogP contribution in [0.1, 0.15) is 36.5 Å². The Balaban J connectivity index is 2.08. The van der Waals surface area contributed by atoms with Crippen LogP contribution in [0.5, 0.6) is 0 Å². The quantitative estimate of drug-likeness (QED) is 0.890. The number of rotatable bonds is 5. The molecule has 0 atom stereocenters. The number of nitrogens with zero attached hydrogens (tertiary/aromatic N) is 1. The van der Waals surface area contributed by atoms with E-state index in [1.165, 1.54) is 0 Å². The first-order valence-corrected chi connectivity index (χ1v) is 8.32. The Kier molecular flexibility index (Phi) is 6.34. The first kappa shape index (κ1) is 16.6. The van der Waals surface area contributed by atoms with Crippen LogP contribution < -0.4 is 5.32 Å². The predicted molar refractivity (Wildman–Crippen MR) is 88.3 cm³/mol. The molecule has 1 fully saturated rings. The van der Waals surface area contributed by atoms with E-state index in [2.05, 4.69) is 12.2 Å². The molecule has 5 heteroatoms. The maximum Gasteiger partial charge on any atom is 0.253 e.